The fraction of sp³-hybridized carbons (Fsp3) is 0.429. The van der Waals surface area contributed by atoms with Crippen molar-refractivity contribution in [1.82, 2.24) is 10.1 Å². The van der Waals surface area contributed by atoms with Crippen LogP contribution in [0.2, 0.25) is 0 Å². The Kier molecular flexibility index (Phi) is 3.44. The van der Waals surface area contributed by atoms with Gasteiger partial charge in [-0.25, -0.2) is 0 Å². The van der Waals surface area contributed by atoms with Gasteiger partial charge in [0.2, 0.25) is 5.82 Å². The van der Waals surface area contributed by atoms with Crippen LogP contribution in [-0.2, 0) is 4.74 Å². The number of hydrogen-bond donors (Lipinski definition) is 1. The van der Waals surface area contributed by atoms with E-state index in [0.29, 0.717) is 18.3 Å². The summed E-state index contributed by atoms with van der Waals surface area (Å²) in [6, 6.07) is 7.82. The first-order chi connectivity index (χ1) is 10.4. The van der Waals surface area contributed by atoms with Crippen LogP contribution in [0.5, 0.6) is 5.75 Å². The van der Waals surface area contributed by atoms with E-state index in [2.05, 4.69) is 15.5 Å². The van der Waals surface area contributed by atoms with Crippen molar-refractivity contribution in [3.8, 4) is 5.75 Å². The molecule has 2 aliphatic rings. The van der Waals surface area contributed by atoms with Crippen molar-refractivity contribution in [1.29, 1.82) is 0 Å². The standard InChI is InChI=1S/C14H15N3O3S/c1-2-4-10-9(3-1)15-7-11(19-10)14-16-13(17-20-14)12-8-21-6-5-18-12/h1-4,11-12,15H,5-8H2. The SMILES string of the molecule is c1ccc2c(c1)NCC(c1nc(C3CSCCO3)no1)O2. The van der Waals surface area contributed by atoms with E-state index in [1.54, 1.807) is 0 Å². The molecule has 1 N–H and O–H groups in total. The Morgan fingerprint density at radius 1 is 1.24 bits per heavy atom. The summed E-state index contributed by atoms with van der Waals surface area (Å²) >= 11 is 1.84. The van der Waals surface area contributed by atoms with Gasteiger partial charge in [0.05, 0.1) is 18.8 Å². The minimum atomic E-state index is -0.266. The Morgan fingerprint density at radius 3 is 3.10 bits per heavy atom. The lowest BCUT2D eigenvalue weighted by Gasteiger charge is -2.24. The monoisotopic (exact) mass is 305 g/mol. The number of fused-ring (bicyclic) bond motifs is 1. The Hall–Kier alpha value is -1.73. The lowest BCUT2D eigenvalue weighted by molar-refractivity contribution is 0.0677. The molecule has 2 aliphatic heterocycles. The van der Waals surface area contributed by atoms with Crippen molar-refractivity contribution in [2.75, 3.05) is 30.0 Å². The first kappa shape index (κ1) is 13.0. The molecule has 0 radical (unpaired) electrons. The number of benzene rings is 1. The molecule has 0 saturated carbocycles. The number of hydrogen-bond acceptors (Lipinski definition) is 7. The molecule has 2 unspecified atom stereocenters. The number of nitrogens with zero attached hydrogens (tertiary/aromatic N) is 2. The number of aromatic nitrogens is 2. The highest BCUT2D eigenvalue weighted by molar-refractivity contribution is 7.99. The second kappa shape index (κ2) is 5.57. The molecule has 110 valence electrons. The third kappa shape index (κ3) is 2.58. The number of rotatable bonds is 2. The highest BCUT2D eigenvalue weighted by atomic mass is 32.2. The second-order valence-electron chi connectivity index (χ2n) is 4.91. The summed E-state index contributed by atoms with van der Waals surface area (Å²) in [7, 11) is 0. The molecule has 0 aliphatic carbocycles. The van der Waals surface area contributed by atoms with Crippen LogP contribution in [0.4, 0.5) is 5.69 Å². The van der Waals surface area contributed by atoms with Crippen molar-refractivity contribution in [2.45, 2.75) is 12.2 Å². The van der Waals surface area contributed by atoms with Crippen LogP contribution in [0.1, 0.15) is 23.9 Å². The van der Waals surface area contributed by atoms with Gasteiger partial charge in [-0.15, -0.1) is 0 Å². The quantitative estimate of drug-likeness (QED) is 0.913. The molecule has 1 saturated heterocycles. The first-order valence-corrected chi connectivity index (χ1v) is 8.08. The molecule has 0 bridgehead atoms. The molecular formula is C14H15N3O3S. The molecule has 4 rings (SSSR count). The van der Waals surface area contributed by atoms with E-state index in [1.807, 2.05) is 36.0 Å². The summed E-state index contributed by atoms with van der Waals surface area (Å²) in [4.78, 5) is 4.45. The minimum Gasteiger partial charge on any atom is -0.477 e. The van der Waals surface area contributed by atoms with Gasteiger partial charge in [-0.1, -0.05) is 17.3 Å². The fourth-order valence-corrected chi connectivity index (χ4v) is 3.24. The van der Waals surface area contributed by atoms with E-state index in [4.69, 9.17) is 14.0 Å². The maximum Gasteiger partial charge on any atom is 0.269 e. The van der Waals surface area contributed by atoms with Gasteiger partial charge in [-0.2, -0.15) is 16.7 Å². The van der Waals surface area contributed by atoms with Crippen LogP contribution in [0.15, 0.2) is 28.8 Å². The minimum absolute atomic E-state index is 0.0786. The largest absolute Gasteiger partial charge is 0.477 e. The number of para-hydroxylation sites is 2. The molecule has 1 aromatic carbocycles. The number of ether oxygens (including phenoxy) is 2. The van der Waals surface area contributed by atoms with E-state index in [0.717, 1.165) is 29.5 Å². The average Bonchev–Trinajstić information content (AvgIpc) is 3.05. The lowest BCUT2D eigenvalue weighted by Crippen LogP contribution is -2.24. The van der Waals surface area contributed by atoms with Gasteiger partial charge in [0.25, 0.3) is 5.89 Å². The second-order valence-corrected chi connectivity index (χ2v) is 6.06. The zero-order chi connectivity index (χ0) is 14.1. The average molecular weight is 305 g/mol. The molecule has 6 nitrogen and oxygen atoms in total. The Labute approximate surface area is 126 Å². The van der Waals surface area contributed by atoms with Gasteiger partial charge < -0.3 is 19.3 Å². The number of thioether (sulfide) groups is 1. The Bertz CT molecular complexity index is 627. The maximum atomic E-state index is 5.91. The van der Waals surface area contributed by atoms with Crippen LogP contribution in [-0.4, -0.2) is 34.8 Å². The van der Waals surface area contributed by atoms with Crippen molar-refractivity contribution >= 4 is 17.4 Å². The fourth-order valence-electron chi connectivity index (χ4n) is 2.40. The number of anilines is 1. The van der Waals surface area contributed by atoms with Crippen molar-refractivity contribution in [3.05, 3.63) is 36.0 Å². The molecular weight excluding hydrogens is 290 g/mol. The van der Waals surface area contributed by atoms with Crippen LogP contribution >= 0.6 is 11.8 Å². The first-order valence-electron chi connectivity index (χ1n) is 6.92. The van der Waals surface area contributed by atoms with Crippen molar-refractivity contribution < 1.29 is 14.0 Å². The molecule has 2 atom stereocenters. The zero-order valence-corrected chi connectivity index (χ0v) is 12.1. The maximum absolute atomic E-state index is 5.91. The summed E-state index contributed by atoms with van der Waals surface area (Å²) in [6.45, 7) is 1.34. The van der Waals surface area contributed by atoms with Gasteiger partial charge in [-0.3, -0.25) is 0 Å². The smallest absolute Gasteiger partial charge is 0.269 e. The highest BCUT2D eigenvalue weighted by Gasteiger charge is 2.28. The summed E-state index contributed by atoms with van der Waals surface area (Å²) in [6.07, 6.45) is -0.345. The van der Waals surface area contributed by atoms with Crippen molar-refractivity contribution in [2.24, 2.45) is 0 Å². The van der Waals surface area contributed by atoms with Crippen molar-refractivity contribution in [3.63, 3.8) is 0 Å². The van der Waals surface area contributed by atoms with Crippen LogP contribution < -0.4 is 10.1 Å². The van der Waals surface area contributed by atoms with E-state index >= 15 is 0 Å². The van der Waals surface area contributed by atoms with Gasteiger partial charge >= 0.3 is 0 Å². The Balaban J connectivity index is 1.51. The van der Waals surface area contributed by atoms with Gasteiger partial charge in [-0.05, 0) is 12.1 Å². The van der Waals surface area contributed by atoms with Gasteiger partial charge in [0, 0.05) is 11.5 Å². The molecule has 0 spiro atoms. The predicted octanol–water partition coefficient (Wildman–Crippen LogP) is 2.42. The zero-order valence-electron chi connectivity index (χ0n) is 11.3. The normalized spacial score (nSPS) is 24.8. The lowest BCUT2D eigenvalue weighted by atomic mass is 10.2. The molecule has 0 amide bonds. The van der Waals surface area contributed by atoms with E-state index in [-0.39, 0.29) is 12.2 Å². The summed E-state index contributed by atoms with van der Waals surface area (Å²) in [5, 5.41) is 7.35. The number of nitrogens with one attached hydrogen (secondary N) is 1. The topological polar surface area (TPSA) is 69.4 Å². The molecule has 1 fully saturated rings. The molecule has 3 heterocycles. The summed E-state index contributed by atoms with van der Waals surface area (Å²) < 4.78 is 16.9. The van der Waals surface area contributed by atoms with Gasteiger partial charge in [0.1, 0.15) is 11.9 Å². The van der Waals surface area contributed by atoms with E-state index < -0.39 is 0 Å². The van der Waals surface area contributed by atoms with Crippen LogP contribution in [0.25, 0.3) is 0 Å². The molecule has 1 aromatic heterocycles. The Morgan fingerprint density at radius 2 is 2.19 bits per heavy atom. The highest BCUT2D eigenvalue weighted by Crippen LogP contribution is 2.34. The van der Waals surface area contributed by atoms with Gasteiger partial charge in [0.15, 0.2) is 6.10 Å². The van der Waals surface area contributed by atoms with E-state index in [9.17, 15) is 0 Å². The third-order valence-corrected chi connectivity index (χ3v) is 4.46. The van der Waals surface area contributed by atoms with Crippen LogP contribution in [0, 0.1) is 0 Å². The molecule has 21 heavy (non-hydrogen) atoms. The van der Waals surface area contributed by atoms with E-state index in [1.165, 1.54) is 0 Å². The molecule has 7 heteroatoms. The molecule has 2 aromatic rings. The summed E-state index contributed by atoms with van der Waals surface area (Å²) in [5.74, 6) is 3.79. The predicted molar refractivity (Wildman–Crippen MR) is 78.6 cm³/mol. The van der Waals surface area contributed by atoms with Crippen LogP contribution in [0.3, 0.4) is 0 Å². The summed E-state index contributed by atoms with van der Waals surface area (Å²) in [5.41, 5.74) is 0.987. The third-order valence-electron chi connectivity index (χ3n) is 3.47.